The lowest BCUT2D eigenvalue weighted by molar-refractivity contribution is -0.235. The van der Waals surface area contributed by atoms with Crippen molar-refractivity contribution < 1.29 is 67.7 Å². The summed E-state index contributed by atoms with van der Waals surface area (Å²) in [5, 5.41) is 35.3. The van der Waals surface area contributed by atoms with E-state index in [1.165, 1.54) is 73.8 Å². The maximum absolute atomic E-state index is 12.7. The van der Waals surface area contributed by atoms with Crippen molar-refractivity contribution in [1.29, 1.82) is 0 Å². The zero-order valence-corrected chi connectivity index (χ0v) is 66.8. The molecule has 39 heteroatoms. The van der Waals surface area contributed by atoms with Gasteiger partial charge in [0.2, 0.25) is 0 Å². The Balaban J connectivity index is 0.000000127. The van der Waals surface area contributed by atoms with E-state index in [9.17, 15) is 53.4 Å². The number of aromatic amines is 2. The van der Waals surface area contributed by atoms with Crippen molar-refractivity contribution in [3.8, 4) is 0 Å². The number of carbonyl (C=O) groups excluding carboxylic acids is 2. The standard InChI is InChI=1S/C20H24N4O4.C19H22N4O5.C13H20N4O3.C13H19N3O4.C12H17N3O5/c1-4-20-12-24(27-3)16(13(20)2)18(28-20)23-11-10-15(22-19(23)26)21-17(25)14-8-6-5-7-9-14;1-3-19-11-23(27-2)14(15(19)24)17(28-19)22-10-9-13(21-18(22)26)20-16(25)12-7-5-4-6-8-12;1-4-13-7-17(19-3)10(8(13)2)11(20-13)16-6-5-9(14)15-12(16)18;1-4-13-7-16(19-3)10(8(13)2)11(20-13)15-6-5-9(17)14-12(15)18;1-3-12-6-15(19-2)8(9(12)17)10(20-12)14-5-4-7(16)13-11(14)18/h5-11,13,16,18H,4,12H2,1-3H3,(H,21,22,25,26);4-10,14-15,17,24H,3,11H2,1-2H3,(H,20,21,25,26);5-6,8,10-11H,4,7H2,1-3H3,(H2,14,15,18);5-6,8,10-11H,4,7H2,1-3H3,(H,14,17,18);4-5,8-10,17H,3,6H2,1-2H3,(H,13,16,18)/t13-,16+,18-,20-;14-,15+,17+,19+;2*8-,10+,11-,13-;8-,9+,10+,12+/m10110/s1. The second-order valence-electron chi connectivity index (χ2n) is 30.4. The molecule has 17 rings (SSSR count). The van der Waals surface area contributed by atoms with Crippen LogP contribution >= 0.6 is 0 Å². The van der Waals surface area contributed by atoms with Gasteiger partial charge in [-0.05, 0) is 74.6 Å². The zero-order chi connectivity index (χ0) is 83.3. The van der Waals surface area contributed by atoms with Gasteiger partial charge in [-0.2, -0.15) is 40.3 Å². The van der Waals surface area contributed by atoms with E-state index in [-0.39, 0.29) is 88.2 Å². The molecule has 10 aliphatic rings. The van der Waals surface area contributed by atoms with Crippen LogP contribution in [0.3, 0.4) is 0 Å². The normalized spacial score (nSPS) is 33.0. The number of morpholine rings is 5. The average molecular weight is 1620 g/mol. The predicted molar refractivity (Wildman–Crippen MR) is 414 cm³/mol. The number of fused-ring (bicyclic) bond motifs is 10. The molecule has 10 fully saturated rings. The van der Waals surface area contributed by atoms with Gasteiger partial charge in [0.25, 0.3) is 22.9 Å². The number of aromatic nitrogens is 10. The Hall–Kier alpha value is -9.50. The molecule has 10 saturated heterocycles. The number of amides is 2. The SMILES string of the molecule is CC[C@]12CN(OC)[C@H]([C@H](n3ccc(=O)[nH]c3=O)O1)[C@H]2C.CC[C@]12CN(OC)[C@H]([C@H](n3ccc(=O)[nH]c3=O)O1)[C@H]2O.CC[C@]12CN(OC)[C@H]([C@H](n3ccc(N)nc3=O)O1)[C@H]2C.CC[C@]12CN(OC)[C@H]([C@H](n3ccc(NC(=O)c4ccccc4)nc3=O)O1)[C@H]2C.CC[C@]12CN(OC)[C@H]([C@H](n3ccc(NC(=O)c4ccccc4)nc3=O)O1)[C@H]2O. The highest BCUT2D eigenvalue weighted by Crippen LogP contribution is 2.55. The van der Waals surface area contributed by atoms with Gasteiger partial charge in [0.15, 0.2) is 31.1 Å². The smallest absolute Gasteiger partial charge is 0.351 e. The van der Waals surface area contributed by atoms with E-state index in [0.717, 1.165) is 25.8 Å². The number of benzene rings is 2. The van der Waals surface area contributed by atoms with E-state index in [4.69, 9.17) is 53.6 Å². The van der Waals surface area contributed by atoms with Crippen LogP contribution in [0.5, 0.6) is 0 Å². The van der Waals surface area contributed by atoms with E-state index in [0.29, 0.717) is 50.1 Å². The number of hydrogen-bond acceptors (Lipinski definition) is 30. The van der Waals surface area contributed by atoms with Crippen molar-refractivity contribution in [3.05, 3.63) is 206 Å². The Morgan fingerprint density at radius 2 is 0.690 bits per heavy atom. The molecule has 8 N–H and O–H groups in total. The summed E-state index contributed by atoms with van der Waals surface area (Å²) < 4.78 is 37.7. The minimum Gasteiger partial charge on any atom is -0.388 e. The number of aliphatic hydroxyl groups excluding tert-OH is 2. The minimum absolute atomic E-state index is 0.00285. The van der Waals surface area contributed by atoms with Gasteiger partial charge < -0.3 is 74.5 Å². The zero-order valence-electron chi connectivity index (χ0n) is 66.8. The molecule has 10 bridgehead atoms. The van der Waals surface area contributed by atoms with Crippen LogP contribution < -0.4 is 55.9 Å². The van der Waals surface area contributed by atoms with Crippen LogP contribution in [0.15, 0.2) is 156 Å². The Morgan fingerprint density at radius 1 is 0.414 bits per heavy atom. The predicted octanol–water partition coefficient (Wildman–Crippen LogP) is 2.14. The molecule has 10 aliphatic heterocycles. The van der Waals surface area contributed by atoms with Crippen LogP contribution in [0, 0.1) is 17.8 Å². The molecule has 5 aromatic heterocycles. The van der Waals surface area contributed by atoms with Crippen molar-refractivity contribution in [1.82, 2.24) is 73.1 Å². The largest absolute Gasteiger partial charge is 0.388 e. The first-order chi connectivity index (χ1) is 55.5. The summed E-state index contributed by atoms with van der Waals surface area (Å²) in [4.78, 5) is 151. The van der Waals surface area contributed by atoms with E-state index in [1.54, 1.807) is 105 Å². The van der Waals surface area contributed by atoms with Gasteiger partial charge in [-0.15, -0.1) is 0 Å². The monoisotopic (exact) mass is 1610 g/mol. The van der Waals surface area contributed by atoms with Gasteiger partial charge in [-0.1, -0.05) is 91.8 Å². The number of aliphatic hydroxyl groups is 2. The van der Waals surface area contributed by atoms with E-state index in [1.807, 2.05) is 41.2 Å². The van der Waals surface area contributed by atoms with Crippen LogP contribution in [-0.2, 0) is 47.9 Å². The first-order valence-electron chi connectivity index (χ1n) is 38.7. The van der Waals surface area contributed by atoms with Gasteiger partial charge in [-0.25, -0.2) is 24.0 Å². The third-order valence-electron chi connectivity index (χ3n) is 25.1. The number of nitrogens with zero attached hydrogens (tertiary/aromatic N) is 13. The number of nitrogen functional groups attached to an aromatic ring is 1. The Kier molecular flexibility index (Phi) is 24.6. The van der Waals surface area contributed by atoms with Crippen molar-refractivity contribution in [3.63, 3.8) is 0 Å². The van der Waals surface area contributed by atoms with E-state index >= 15 is 0 Å². The van der Waals surface area contributed by atoms with Crippen LogP contribution in [0.2, 0.25) is 0 Å². The fourth-order valence-electron chi connectivity index (χ4n) is 18.2. The molecule has 116 heavy (non-hydrogen) atoms. The summed E-state index contributed by atoms with van der Waals surface area (Å²) in [7, 11) is 7.96. The summed E-state index contributed by atoms with van der Waals surface area (Å²) in [6.07, 6.45) is 7.06. The maximum atomic E-state index is 12.7. The van der Waals surface area contributed by atoms with Crippen molar-refractivity contribution in [2.45, 2.75) is 189 Å². The average Bonchev–Trinajstić information content (AvgIpc) is 1.59. The van der Waals surface area contributed by atoms with Gasteiger partial charge >= 0.3 is 28.4 Å². The highest BCUT2D eigenvalue weighted by Gasteiger charge is 2.67. The van der Waals surface area contributed by atoms with Crippen molar-refractivity contribution in [2.75, 3.05) is 84.6 Å². The number of nitrogens with two attached hydrogens (primary N) is 1. The molecule has 0 spiro atoms. The Bertz CT molecular complexity index is 4870. The molecule has 39 nitrogen and oxygen atoms in total. The lowest BCUT2D eigenvalue weighted by Gasteiger charge is -2.36. The van der Waals surface area contributed by atoms with Crippen molar-refractivity contribution >= 4 is 29.3 Å². The molecule has 0 radical (unpaired) electrons. The molecule has 626 valence electrons. The van der Waals surface area contributed by atoms with Crippen molar-refractivity contribution in [2.24, 2.45) is 17.8 Å². The number of nitrogens with one attached hydrogen (secondary N) is 4. The second kappa shape index (κ2) is 33.8. The second-order valence-corrected chi connectivity index (χ2v) is 30.4. The molecule has 7 aromatic rings. The van der Waals surface area contributed by atoms with E-state index in [2.05, 4.69) is 77.1 Å². The summed E-state index contributed by atoms with van der Waals surface area (Å²) >= 11 is 0. The highest BCUT2D eigenvalue weighted by atomic mass is 16.7. The Morgan fingerprint density at radius 3 is 0.983 bits per heavy atom. The number of rotatable bonds is 19. The molecular formula is C77H102N18O21. The number of hydrogen-bond donors (Lipinski definition) is 7. The third-order valence-corrected chi connectivity index (χ3v) is 25.1. The van der Waals surface area contributed by atoms with Gasteiger partial charge in [0, 0.05) is 72.0 Å². The lowest BCUT2D eigenvalue weighted by atomic mass is 9.88. The molecule has 15 heterocycles. The fraction of sp³-hybridized carbons (Fsp3) is 0.558. The summed E-state index contributed by atoms with van der Waals surface area (Å²) in [5.74, 6) is 0.645. The van der Waals surface area contributed by atoms with Crippen LogP contribution in [0.25, 0.3) is 0 Å². The van der Waals surface area contributed by atoms with E-state index < -0.39 is 100.0 Å². The maximum Gasteiger partial charge on any atom is 0.351 e. The van der Waals surface area contributed by atoms with Gasteiger partial charge in [0.05, 0.1) is 103 Å². The molecule has 2 amide bonds. The molecule has 0 unspecified atom stereocenters. The van der Waals surface area contributed by atoms with Crippen LogP contribution in [0.4, 0.5) is 17.5 Å². The molecule has 0 aliphatic carbocycles. The lowest BCUT2D eigenvalue weighted by Crippen LogP contribution is -2.47. The third kappa shape index (κ3) is 15.1. The number of anilines is 3. The molecular weight excluding hydrogens is 1510 g/mol. The summed E-state index contributed by atoms with van der Waals surface area (Å²) in [5.41, 5.74) is 0.701. The first kappa shape index (κ1) is 84.4. The molecule has 0 saturated carbocycles. The molecule has 20 atom stereocenters. The number of carbonyl (C=O) groups is 2. The van der Waals surface area contributed by atoms with Crippen LogP contribution in [-0.4, -0.2) is 234 Å². The Labute approximate surface area is 665 Å². The highest BCUT2D eigenvalue weighted by molar-refractivity contribution is 6.04. The quantitative estimate of drug-likeness (QED) is 0.0610. The van der Waals surface area contributed by atoms with Crippen LogP contribution in [0.1, 0.15) is 139 Å². The topological polar surface area (TPSA) is 448 Å². The molecule has 2 aromatic carbocycles. The number of hydroxylamine groups is 10. The fourth-order valence-corrected chi connectivity index (χ4v) is 18.2. The summed E-state index contributed by atoms with van der Waals surface area (Å²) in [6.45, 7) is 19.4. The number of H-pyrrole nitrogens is 2. The summed E-state index contributed by atoms with van der Waals surface area (Å²) in [6, 6.07) is 23.7. The first-order valence-corrected chi connectivity index (χ1v) is 38.7. The van der Waals surface area contributed by atoms with Gasteiger partial charge in [0.1, 0.15) is 52.9 Å². The van der Waals surface area contributed by atoms with Gasteiger partial charge in [-0.3, -0.25) is 52.0 Å². The minimum atomic E-state index is -0.787. The number of ether oxygens (including phenoxy) is 5.